The molecule has 0 bridgehead atoms. The number of carbonyl (C=O) groups excluding carboxylic acids is 3. The van der Waals surface area contributed by atoms with Crippen molar-refractivity contribution >= 4 is 17.7 Å². The summed E-state index contributed by atoms with van der Waals surface area (Å²) < 4.78 is 10.6. The second kappa shape index (κ2) is 39.3. The van der Waals surface area contributed by atoms with Crippen LogP contribution in [-0.4, -0.2) is 42.1 Å². The van der Waals surface area contributed by atoms with E-state index in [0.29, 0.717) is 19.3 Å². The summed E-state index contributed by atoms with van der Waals surface area (Å²) in [6.45, 7) is 3.94. The molecule has 50 heavy (non-hydrogen) atoms. The number of hydrogen-bond acceptors (Lipinski definition) is 6. The van der Waals surface area contributed by atoms with Crippen molar-refractivity contribution in [2.24, 2.45) is 0 Å². The lowest BCUT2D eigenvalue weighted by atomic mass is 10.0. The first-order valence-electron chi connectivity index (χ1n) is 20.6. The zero-order chi connectivity index (χ0) is 36.6. The van der Waals surface area contributed by atoms with E-state index >= 15 is 0 Å². The molecular formula is C44H76O6. The van der Waals surface area contributed by atoms with Crippen molar-refractivity contribution in [1.29, 1.82) is 0 Å². The minimum absolute atomic E-state index is 0.102. The monoisotopic (exact) mass is 701 g/mol. The van der Waals surface area contributed by atoms with Crippen molar-refractivity contribution in [2.45, 2.75) is 200 Å². The normalized spacial score (nSPS) is 12.5. The zero-order valence-corrected chi connectivity index (χ0v) is 32.4. The van der Waals surface area contributed by atoms with Gasteiger partial charge in [0.15, 0.2) is 11.9 Å². The van der Waals surface area contributed by atoms with Crippen LogP contribution >= 0.6 is 0 Å². The fourth-order valence-corrected chi connectivity index (χ4v) is 5.68. The number of rotatable bonds is 37. The van der Waals surface area contributed by atoms with Gasteiger partial charge in [0.05, 0.1) is 6.61 Å². The van der Waals surface area contributed by atoms with Crippen molar-refractivity contribution in [3.8, 4) is 0 Å². The smallest absolute Gasteiger partial charge is 0.306 e. The number of allylic oxidation sites excluding steroid dienone is 8. The molecule has 0 aromatic carbocycles. The summed E-state index contributed by atoms with van der Waals surface area (Å²) >= 11 is 0. The Kier molecular flexibility index (Phi) is 37.4. The molecule has 6 nitrogen and oxygen atoms in total. The molecule has 0 aliphatic rings. The maximum Gasteiger partial charge on any atom is 0.306 e. The third-order valence-electron chi connectivity index (χ3n) is 8.85. The van der Waals surface area contributed by atoms with Crippen LogP contribution in [0, 0.1) is 0 Å². The van der Waals surface area contributed by atoms with Crippen molar-refractivity contribution in [1.82, 2.24) is 0 Å². The highest BCUT2D eigenvalue weighted by Crippen LogP contribution is 2.15. The molecule has 1 atom stereocenters. The van der Waals surface area contributed by atoms with Crippen LogP contribution in [0.5, 0.6) is 0 Å². The summed E-state index contributed by atoms with van der Waals surface area (Å²) in [4.78, 5) is 35.9. The van der Waals surface area contributed by atoms with Crippen LogP contribution in [0.4, 0.5) is 0 Å². The molecular weight excluding hydrogens is 624 g/mol. The van der Waals surface area contributed by atoms with E-state index in [1.165, 1.54) is 96.3 Å². The van der Waals surface area contributed by atoms with Crippen molar-refractivity contribution in [2.75, 3.05) is 13.2 Å². The Bertz CT molecular complexity index is 902. The van der Waals surface area contributed by atoms with Gasteiger partial charge in [-0.25, -0.2) is 0 Å². The molecule has 1 N–H and O–H groups in total. The van der Waals surface area contributed by atoms with Crippen LogP contribution in [0.2, 0.25) is 0 Å². The van der Waals surface area contributed by atoms with Gasteiger partial charge in [-0.15, -0.1) is 0 Å². The standard InChI is InChI=1S/C44H76O6/c1-3-5-7-8-9-10-11-12-13-14-15-16-17-20-23-26-29-33-37-43(47)49-40-42(39-45)50-44(48)38-34-30-27-24-21-18-19-22-25-28-32-36-41(46)35-31-6-4-2/h18-19,24-25,27-28,32,36,42,45H,3-17,20-23,26,29-31,33-35,37-40H2,1-2H3/b19-18-,27-24-,28-25-,36-32+/t42-/m0/s1. The number of hydrogen-bond donors (Lipinski definition) is 1. The number of aliphatic hydroxyl groups excluding tert-OH is 1. The molecule has 0 aliphatic heterocycles. The average Bonchev–Trinajstić information content (AvgIpc) is 3.11. The molecule has 0 aliphatic carbocycles. The van der Waals surface area contributed by atoms with E-state index in [-0.39, 0.29) is 37.4 Å². The highest BCUT2D eigenvalue weighted by atomic mass is 16.6. The van der Waals surface area contributed by atoms with Crippen LogP contribution in [0.15, 0.2) is 48.6 Å². The fourth-order valence-electron chi connectivity index (χ4n) is 5.68. The topological polar surface area (TPSA) is 89.9 Å². The second-order valence-corrected chi connectivity index (χ2v) is 13.8. The fraction of sp³-hybridized carbons (Fsp3) is 0.750. The predicted molar refractivity (Wildman–Crippen MR) is 210 cm³/mol. The van der Waals surface area contributed by atoms with Gasteiger partial charge in [0.1, 0.15) is 6.61 Å². The summed E-state index contributed by atoms with van der Waals surface area (Å²) in [6, 6.07) is 0. The molecule has 0 saturated carbocycles. The summed E-state index contributed by atoms with van der Waals surface area (Å²) in [7, 11) is 0. The van der Waals surface area contributed by atoms with E-state index in [9.17, 15) is 19.5 Å². The maximum absolute atomic E-state index is 12.1. The van der Waals surface area contributed by atoms with E-state index in [1.807, 2.05) is 24.3 Å². The van der Waals surface area contributed by atoms with E-state index in [0.717, 1.165) is 57.8 Å². The molecule has 0 saturated heterocycles. The summed E-state index contributed by atoms with van der Waals surface area (Å²) in [5, 5.41) is 9.55. The van der Waals surface area contributed by atoms with Gasteiger partial charge >= 0.3 is 11.9 Å². The molecule has 0 heterocycles. The highest BCUT2D eigenvalue weighted by Gasteiger charge is 2.16. The van der Waals surface area contributed by atoms with Gasteiger partial charge in [-0.1, -0.05) is 178 Å². The van der Waals surface area contributed by atoms with Crippen LogP contribution in [0.1, 0.15) is 194 Å². The van der Waals surface area contributed by atoms with Gasteiger partial charge in [-0.05, 0) is 44.6 Å². The quantitative estimate of drug-likeness (QED) is 0.0228. The molecule has 0 unspecified atom stereocenters. The number of aliphatic hydroxyl groups is 1. The second-order valence-electron chi connectivity index (χ2n) is 13.8. The first-order valence-corrected chi connectivity index (χ1v) is 20.6. The van der Waals surface area contributed by atoms with E-state index in [2.05, 4.69) is 32.1 Å². The average molecular weight is 701 g/mol. The predicted octanol–water partition coefficient (Wildman–Crippen LogP) is 12.2. The van der Waals surface area contributed by atoms with E-state index < -0.39 is 6.10 Å². The van der Waals surface area contributed by atoms with Crippen LogP contribution < -0.4 is 0 Å². The molecule has 0 aromatic rings. The Labute approximate surface area is 307 Å². The van der Waals surface area contributed by atoms with Gasteiger partial charge < -0.3 is 14.6 Å². The largest absolute Gasteiger partial charge is 0.462 e. The van der Waals surface area contributed by atoms with Crippen LogP contribution in [0.25, 0.3) is 0 Å². The summed E-state index contributed by atoms with van der Waals surface area (Å²) in [5.41, 5.74) is 0. The third kappa shape index (κ3) is 36.8. The Morgan fingerprint density at radius 1 is 0.520 bits per heavy atom. The van der Waals surface area contributed by atoms with Crippen molar-refractivity contribution in [3.63, 3.8) is 0 Å². The first-order chi connectivity index (χ1) is 24.5. The van der Waals surface area contributed by atoms with Gasteiger partial charge in [0.2, 0.25) is 0 Å². The Morgan fingerprint density at radius 3 is 1.54 bits per heavy atom. The molecule has 0 aromatic heterocycles. The number of unbranched alkanes of at least 4 members (excludes halogenated alkanes) is 20. The Hall–Kier alpha value is -2.47. The summed E-state index contributed by atoms with van der Waals surface area (Å²) in [5.74, 6) is -0.500. The highest BCUT2D eigenvalue weighted by molar-refractivity contribution is 5.89. The molecule has 6 heteroatoms. The van der Waals surface area contributed by atoms with E-state index in [4.69, 9.17) is 9.47 Å². The summed E-state index contributed by atoms with van der Waals surface area (Å²) in [6.07, 6.45) is 45.9. The van der Waals surface area contributed by atoms with Crippen molar-refractivity contribution < 1.29 is 29.0 Å². The van der Waals surface area contributed by atoms with Gasteiger partial charge in [-0.2, -0.15) is 0 Å². The minimum Gasteiger partial charge on any atom is -0.462 e. The number of esters is 2. The molecule has 0 rings (SSSR count). The number of ether oxygens (including phenoxy) is 2. The Morgan fingerprint density at radius 2 is 0.980 bits per heavy atom. The van der Waals surface area contributed by atoms with Gasteiger partial charge in [0, 0.05) is 19.3 Å². The molecule has 0 spiro atoms. The SMILES string of the molecule is CCCCCCCCCCCCCCCCCCCCC(=O)OC[C@H](CO)OC(=O)CCC/C=C\C/C=C\C/C=C\C=C\C(=O)CCCCC. The Balaban J connectivity index is 3.66. The van der Waals surface area contributed by atoms with Crippen LogP contribution in [0.3, 0.4) is 0 Å². The van der Waals surface area contributed by atoms with Gasteiger partial charge in [-0.3, -0.25) is 14.4 Å². The zero-order valence-electron chi connectivity index (χ0n) is 32.4. The molecule has 0 amide bonds. The van der Waals surface area contributed by atoms with Gasteiger partial charge in [0.25, 0.3) is 0 Å². The number of ketones is 1. The minimum atomic E-state index is -0.816. The molecule has 288 valence electrons. The molecule has 0 radical (unpaired) electrons. The first kappa shape index (κ1) is 47.5. The number of carbonyl (C=O) groups is 3. The molecule has 0 fully saturated rings. The third-order valence-corrected chi connectivity index (χ3v) is 8.85. The van der Waals surface area contributed by atoms with Crippen LogP contribution in [-0.2, 0) is 23.9 Å². The van der Waals surface area contributed by atoms with Crippen molar-refractivity contribution in [3.05, 3.63) is 48.6 Å². The maximum atomic E-state index is 12.1. The lowest BCUT2D eigenvalue weighted by Gasteiger charge is -2.15. The lowest BCUT2D eigenvalue weighted by molar-refractivity contribution is -0.161. The van der Waals surface area contributed by atoms with E-state index in [1.54, 1.807) is 6.08 Å². The lowest BCUT2D eigenvalue weighted by Crippen LogP contribution is -2.28.